The van der Waals surface area contributed by atoms with Gasteiger partial charge in [0.2, 0.25) is 5.28 Å². The number of anilines is 2. The molecule has 1 N–H and O–H groups in total. The number of nitrogens with one attached hydrogen (secondary N) is 1. The fourth-order valence-corrected chi connectivity index (χ4v) is 2.89. The van der Waals surface area contributed by atoms with Crippen LogP contribution in [0.15, 0.2) is 58.8 Å². The van der Waals surface area contributed by atoms with Gasteiger partial charge in [0.1, 0.15) is 11.6 Å². The van der Waals surface area contributed by atoms with Crippen molar-refractivity contribution in [3.05, 3.63) is 70.0 Å². The first-order valence-corrected chi connectivity index (χ1v) is 9.54. The van der Waals surface area contributed by atoms with Crippen molar-refractivity contribution in [2.24, 2.45) is 10.2 Å². The van der Waals surface area contributed by atoms with Gasteiger partial charge < -0.3 is 10.1 Å². The van der Waals surface area contributed by atoms with Crippen LogP contribution in [0.2, 0.25) is 10.3 Å². The zero-order chi connectivity index (χ0) is 24.2. The number of azo groups is 1. The summed E-state index contributed by atoms with van der Waals surface area (Å²) >= 11 is 11.6. The lowest BCUT2D eigenvalue weighted by Gasteiger charge is -2.11. The quantitative estimate of drug-likeness (QED) is 0.209. The Balaban J connectivity index is 1.71. The SMILES string of the molecule is FC(F)(F)Oc1ccc(CN=Nc2cc(Nc3cc(Cl)cc(C(F)(F)F)c3)nc(Cl)n2)cc1. The van der Waals surface area contributed by atoms with Crippen molar-refractivity contribution in [3.63, 3.8) is 0 Å². The van der Waals surface area contributed by atoms with Crippen molar-refractivity contribution in [1.82, 2.24) is 9.97 Å². The van der Waals surface area contributed by atoms with Crippen LogP contribution in [-0.4, -0.2) is 16.3 Å². The van der Waals surface area contributed by atoms with Crippen molar-refractivity contribution >= 4 is 40.5 Å². The zero-order valence-electron chi connectivity index (χ0n) is 16.0. The van der Waals surface area contributed by atoms with Crippen LogP contribution >= 0.6 is 23.2 Å². The van der Waals surface area contributed by atoms with Crippen LogP contribution in [0.5, 0.6) is 5.75 Å². The van der Waals surface area contributed by atoms with E-state index in [1.807, 2.05) is 0 Å². The first-order chi connectivity index (χ1) is 15.4. The van der Waals surface area contributed by atoms with E-state index in [9.17, 15) is 26.3 Å². The molecule has 33 heavy (non-hydrogen) atoms. The van der Waals surface area contributed by atoms with E-state index in [2.05, 4.69) is 30.3 Å². The van der Waals surface area contributed by atoms with Gasteiger partial charge in [-0.25, -0.2) is 4.98 Å². The first kappa shape index (κ1) is 24.5. The number of nitrogens with zero attached hydrogens (tertiary/aromatic N) is 4. The minimum atomic E-state index is -4.79. The van der Waals surface area contributed by atoms with Crippen LogP contribution in [0.25, 0.3) is 0 Å². The van der Waals surface area contributed by atoms with E-state index >= 15 is 0 Å². The maximum Gasteiger partial charge on any atom is 0.573 e. The van der Waals surface area contributed by atoms with Crippen LogP contribution in [0.3, 0.4) is 0 Å². The molecule has 0 amide bonds. The van der Waals surface area contributed by atoms with Crippen LogP contribution < -0.4 is 10.1 Å². The molecule has 0 unspecified atom stereocenters. The van der Waals surface area contributed by atoms with Gasteiger partial charge in [0.15, 0.2) is 5.82 Å². The highest BCUT2D eigenvalue weighted by atomic mass is 35.5. The lowest BCUT2D eigenvalue weighted by atomic mass is 10.2. The molecule has 0 bridgehead atoms. The summed E-state index contributed by atoms with van der Waals surface area (Å²) in [5.41, 5.74) is -0.414. The molecule has 1 heterocycles. The van der Waals surface area contributed by atoms with E-state index in [1.54, 1.807) is 0 Å². The van der Waals surface area contributed by atoms with Crippen LogP contribution in [-0.2, 0) is 12.7 Å². The molecular weight excluding hydrogens is 499 g/mol. The van der Waals surface area contributed by atoms with Gasteiger partial charge in [-0.1, -0.05) is 23.7 Å². The van der Waals surface area contributed by atoms with Gasteiger partial charge in [-0.15, -0.1) is 18.3 Å². The summed E-state index contributed by atoms with van der Waals surface area (Å²) in [4.78, 5) is 7.71. The number of aromatic nitrogens is 2. The highest BCUT2D eigenvalue weighted by molar-refractivity contribution is 6.31. The summed E-state index contributed by atoms with van der Waals surface area (Å²) in [6.45, 7) is -0.0000818. The van der Waals surface area contributed by atoms with Gasteiger partial charge in [0, 0.05) is 16.8 Å². The Morgan fingerprint density at radius 3 is 2.24 bits per heavy atom. The minimum Gasteiger partial charge on any atom is -0.406 e. The monoisotopic (exact) mass is 509 g/mol. The van der Waals surface area contributed by atoms with Gasteiger partial charge in [0.25, 0.3) is 0 Å². The van der Waals surface area contributed by atoms with Crippen molar-refractivity contribution in [3.8, 4) is 5.75 Å². The van der Waals surface area contributed by atoms with E-state index in [0.717, 1.165) is 24.3 Å². The van der Waals surface area contributed by atoms with Crippen LogP contribution in [0, 0.1) is 0 Å². The second-order valence-electron chi connectivity index (χ2n) is 6.32. The Bertz CT molecular complexity index is 1150. The molecule has 0 fully saturated rings. The van der Waals surface area contributed by atoms with E-state index in [-0.39, 0.29) is 39.9 Å². The minimum absolute atomic E-state index is 0.0000818. The summed E-state index contributed by atoms with van der Waals surface area (Å²) in [5, 5.41) is 9.99. The Hall–Kier alpha value is -3.12. The molecule has 3 aromatic rings. The maximum absolute atomic E-state index is 13.0. The summed E-state index contributed by atoms with van der Waals surface area (Å²) in [6.07, 6.45) is -9.39. The van der Waals surface area contributed by atoms with E-state index in [1.165, 1.54) is 24.3 Å². The molecule has 0 radical (unpaired) electrons. The number of hydrogen-bond acceptors (Lipinski definition) is 6. The lowest BCUT2D eigenvalue weighted by molar-refractivity contribution is -0.274. The Kier molecular flexibility index (Phi) is 7.28. The molecule has 1 aromatic heterocycles. The van der Waals surface area contributed by atoms with Gasteiger partial charge in [-0.2, -0.15) is 23.3 Å². The Morgan fingerprint density at radius 1 is 0.909 bits per heavy atom. The molecule has 0 saturated heterocycles. The lowest BCUT2D eigenvalue weighted by Crippen LogP contribution is -2.16. The fraction of sp³-hybridized carbons (Fsp3) is 0.158. The number of benzene rings is 2. The Labute approximate surface area is 192 Å². The van der Waals surface area contributed by atoms with E-state index in [0.29, 0.717) is 5.56 Å². The first-order valence-electron chi connectivity index (χ1n) is 8.79. The molecule has 0 spiro atoms. The zero-order valence-corrected chi connectivity index (χ0v) is 17.6. The van der Waals surface area contributed by atoms with Gasteiger partial charge >= 0.3 is 12.5 Å². The predicted molar refractivity (Wildman–Crippen MR) is 108 cm³/mol. The molecule has 0 aliphatic rings. The summed E-state index contributed by atoms with van der Waals surface area (Å²) in [5.74, 6) is -0.350. The summed E-state index contributed by atoms with van der Waals surface area (Å²) in [6, 6.07) is 9.17. The third-order valence-electron chi connectivity index (χ3n) is 3.77. The normalized spacial score (nSPS) is 12.2. The van der Waals surface area contributed by atoms with E-state index in [4.69, 9.17) is 23.2 Å². The number of hydrogen-bond donors (Lipinski definition) is 1. The smallest absolute Gasteiger partial charge is 0.406 e. The van der Waals surface area contributed by atoms with Gasteiger partial charge in [-0.05, 0) is 47.5 Å². The third-order valence-corrected chi connectivity index (χ3v) is 4.15. The molecule has 6 nitrogen and oxygen atoms in total. The van der Waals surface area contributed by atoms with E-state index < -0.39 is 18.1 Å². The molecule has 2 aromatic carbocycles. The van der Waals surface area contributed by atoms with Gasteiger partial charge in [0.05, 0.1) is 12.1 Å². The largest absolute Gasteiger partial charge is 0.573 e. The van der Waals surface area contributed by atoms with Crippen molar-refractivity contribution < 1.29 is 31.1 Å². The summed E-state index contributed by atoms with van der Waals surface area (Å²) in [7, 11) is 0. The number of rotatable bonds is 6. The second kappa shape index (κ2) is 9.79. The average Bonchev–Trinajstić information content (AvgIpc) is 2.66. The number of ether oxygens (including phenoxy) is 1. The topological polar surface area (TPSA) is 71.8 Å². The van der Waals surface area contributed by atoms with Crippen LogP contribution in [0.1, 0.15) is 11.1 Å². The van der Waals surface area contributed by atoms with Gasteiger partial charge in [-0.3, -0.25) is 0 Å². The number of alkyl halides is 6. The molecule has 14 heteroatoms. The molecule has 0 aliphatic heterocycles. The highest BCUT2D eigenvalue weighted by Gasteiger charge is 2.31. The molecule has 3 rings (SSSR count). The molecule has 0 atom stereocenters. The maximum atomic E-state index is 13.0. The van der Waals surface area contributed by atoms with Crippen LogP contribution in [0.4, 0.5) is 43.7 Å². The average molecular weight is 510 g/mol. The molecule has 0 saturated carbocycles. The van der Waals surface area contributed by atoms with Crippen molar-refractivity contribution in [1.29, 1.82) is 0 Å². The standard InChI is InChI=1S/C19H11Cl2F6N5O/c20-12-5-11(18(22,23)24)6-13(7-12)29-15-8-16(31-17(21)30-15)32-28-9-10-1-3-14(4-2-10)33-19(25,26)27/h1-8H,9H2,(H,29,30,31). The molecule has 0 aliphatic carbocycles. The fourth-order valence-electron chi connectivity index (χ4n) is 2.48. The van der Waals surface area contributed by atoms with Crippen molar-refractivity contribution in [2.45, 2.75) is 19.1 Å². The third kappa shape index (κ3) is 7.75. The highest BCUT2D eigenvalue weighted by Crippen LogP contribution is 2.34. The molecular formula is C19H11Cl2F6N5O. The second-order valence-corrected chi connectivity index (χ2v) is 7.10. The van der Waals surface area contributed by atoms with Crippen molar-refractivity contribution in [2.75, 3.05) is 5.32 Å². The molecule has 174 valence electrons. The number of halogens is 8. The Morgan fingerprint density at radius 2 is 1.61 bits per heavy atom. The summed E-state index contributed by atoms with van der Waals surface area (Å²) < 4.78 is 79.2. The predicted octanol–water partition coefficient (Wildman–Crippen LogP) is 7.73.